The summed E-state index contributed by atoms with van der Waals surface area (Å²) in [6.45, 7) is 4.22. The molecule has 0 amide bonds. The largest absolute Gasteiger partial charge is 0.399 e. The van der Waals surface area contributed by atoms with Crippen molar-refractivity contribution in [3.05, 3.63) is 28.8 Å². The zero-order valence-corrected chi connectivity index (χ0v) is 7.52. The van der Waals surface area contributed by atoms with E-state index in [1.807, 2.05) is 12.1 Å². The zero-order chi connectivity index (χ0) is 8.43. The molecule has 0 saturated carbocycles. The van der Waals surface area contributed by atoms with Gasteiger partial charge < -0.3 is 5.73 Å². The fraction of sp³-hybridized carbons (Fsp3) is 0.333. The number of hydrogen-bond acceptors (Lipinski definition) is 1. The fourth-order valence-electron chi connectivity index (χ4n) is 1.01. The minimum atomic E-state index is 0.461. The lowest BCUT2D eigenvalue weighted by Gasteiger charge is -2.07. The van der Waals surface area contributed by atoms with Crippen molar-refractivity contribution in [2.75, 3.05) is 5.73 Å². The van der Waals surface area contributed by atoms with Gasteiger partial charge in [0.15, 0.2) is 0 Å². The summed E-state index contributed by atoms with van der Waals surface area (Å²) in [6.07, 6.45) is 0. The van der Waals surface area contributed by atoms with Crippen LogP contribution in [-0.2, 0) is 0 Å². The maximum absolute atomic E-state index is 5.94. The first-order valence-corrected chi connectivity index (χ1v) is 4.04. The Morgan fingerprint density at radius 3 is 2.45 bits per heavy atom. The number of anilines is 1. The van der Waals surface area contributed by atoms with Gasteiger partial charge in [-0.2, -0.15) is 0 Å². The van der Waals surface area contributed by atoms with Crippen LogP contribution in [0.1, 0.15) is 25.3 Å². The second kappa shape index (κ2) is 3.14. The normalized spacial score (nSPS) is 10.5. The molecule has 0 spiro atoms. The Kier molecular flexibility index (Phi) is 2.40. The van der Waals surface area contributed by atoms with Crippen molar-refractivity contribution in [2.24, 2.45) is 0 Å². The molecule has 0 aliphatic carbocycles. The monoisotopic (exact) mass is 169 g/mol. The standard InChI is InChI=1S/C9H12ClN/c1-6(2)8-4-3-7(11)5-9(8)10/h3-6H,11H2,1-2H3. The molecule has 60 valence electrons. The molecule has 1 nitrogen and oxygen atoms in total. The lowest BCUT2D eigenvalue weighted by molar-refractivity contribution is 0.867. The molecule has 0 unspecified atom stereocenters. The number of benzene rings is 1. The van der Waals surface area contributed by atoms with Gasteiger partial charge in [-0.25, -0.2) is 0 Å². The third kappa shape index (κ3) is 1.87. The number of hydrogen-bond donors (Lipinski definition) is 1. The van der Waals surface area contributed by atoms with Crippen LogP contribution in [0.5, 0.6) is 0 Å². The van der Waals surface area contributed by atoms with E-state index >= 15 is 0 Å². The van der Waals surface area contributed by atoms with Gasteiger partial charge in [0.1, 0.15) is 0 Å². The number of nitrogen functional groups attached to an aromatic ring is 1. The van der Waals surface area contributed by atoms with E-state index in [1.165, 1.54) is 0 Å². The summed E-state index contributed by atoms with van der Waals surface area (Å²) in [4.78, 5) is 0. The highest BCUT2D eigenvalue weighted by Crippen LogP contribution is 2.25. The SMILES string of the molecule is CC(C)c1ccc(N)cc1Cl. The van der Waals surface area contributed by atoms with Crippen LogP contribution in [0.2, 0.25) is 5.02 Å². The van der Waals surface area contributed by atoms with Crippen molar-refractivity contribution in [3.8, 4) is 0 Å². The second-order valence-electron chi connectivity index (χ2n) is 2.94. The van der Waals surface area contributed by atoms with Crippen LogP contribution in [0.4, 0.5) is 5.69 Å². The Bertz CT molecular complexity index is 256. The topological polar surface area (TPSA) is 26.0 Å². The summed E-state index contributed by atoms with van der Waals surface area (Å²) in [5.41, 5.74) is 7.42. The molecule has 0 aliphatic heterocycles. The second-order valence-corrected chi connectivity index (χ2v) is 3.34. The molecule has 0 saturated heterocycles. The molecule has 1 rings (SSSR count). The molecule has 0 aliphatic rings. The smallest absolute Gasteiger partial charge is 0.0461 e. The van der Waals surface area contributed by atoms with Crippen LogP contribution in [0.25, 0.3) is 0 Å². The first kappa shape index (κ1) is 8.41. The zero-order valence-electron chi connectivity index (χ0n) is 6.76. The van der Waals surface area contributed by atoms with Gasteiger partial charge in [-0.05, 0) is 23.6 Å². The van der Waals surface area contributed by atoms with Crippen LogP contribution < -0.4 is 5.73 Å². The number of nitrogens with two attached hydrogens (primary N) is 1. The van der Waals surface area contributed by atoms with E-state index in [9.17, 15) is 0 Å². The highest BCUT2D eigenvalue weighted by Gasteiger charge is 2.03. The van der Waals surface area contributed by atoms with Crippen LogP contribution in [0, 0.1) is 0 Å². The van der Waals surface area contributed by atoms with Crippen LogP contribution in [-0.4, -0.2) is 0 Å². The molecule has 0 fully saturated rings. The predicted molar refractivity (Wildman–Crippen MR) is 50.0 cm³/mol. The highest BCUT2D eigenvalue weighted by atomic mass is 35.5. The van der Waals surface area contributed by atoms with Crippen molar-refractivity contribution >= 4 is 17.3 Å². The van der Waals surface area contributed by atoms with E-state index in [0.717, 1.165) is 16.3 Å². The maximum Gasteiger partial charge on any atom is 0.0461 e. The van der Waals surface area contributed by atoms with Gasteiger partial charge in [0.05, 0.1) is 0 Å². The van der Waals surface area contributed by atoms with Gasteiger partial charge in [0, 0.05) is 10.7 Å². The molecule has 2 heteroatoms. The first-order valence-electron chi connectivity index (χ1n) is 3.66. The van der Waals surface area contributed by atoms with Gasteiger partial charge in [-0.3, -0.25) is 0 Å². The Labute approximate surface area is 72.2 Å². The minimum absolute atomic E-state index is 0.461. The number of halogens is 1. The van der Waals surface area contributed by atoms with E-state index in [2.05, 4.69) is 13.8 Å². The minimum Gasteiger partial charge on any atom is -0.399 e. The summed E-state index contributed by atoms with van der Waals surface area (Å²) >= 11 is 5.94. The molecule has 11 heavy (non-hydrogen) atoms. The predicted octanol–water partition coefficient (Wildman–Crippen LogP) is 3.05. The van der Waals surface area contributed by atoms with Gasteiger partial charge in [-0.1, -0.05) is 31.5 Å². The highest BCUT2D eigenvalue weighted by molar-refractivity contribution is 6.31. The fourth-order valence-corrected chi connectivity index (χ4v) is 1.42. The summed E-state index contributed by atoms with van der Waals surface area (Å²) < 4.78 is 0. The van der Waals surface area contributed by atoms with E-state index in [-0.39, 0.29) is 0 Å². The summed E-state index contributed by atoms with van der Waals surface area (Å²) in [6, 6.07) is 5.64. The van der Waals surface area contributed by atoms with Gasteiger partial charge in [0.25, 0.3) is 0 Å². The molecular formula is C9H12ClN. The molecule has 0 aromatic heterocycles. The van der Waals surface area contributed by atoms with Crippen LogP contribution in [0.3, 0.4) is 0 Å². The van der Waals surface area contributed by atoms with E-state index in [1.54, 1.807) is 6.07 Å². The lowest BCUT2D eigenvalue weighted by atomic mass is 10.0. The van der Waals surface area contributed by atoms with Crippen molar-refractivity contribution in [1.82, 2.24) is 0 Å². The summed E-state index contributed by atoms with van der Waals surface area (Å²) in [5.74, 6) is 0.461. The third-order valence-electron chi connectivity index (χ3n) is 1.65. The Hall–Kier alpha value is -0.690. The Balaban J connectivity index is 3.09. The van der Waals surface area contributed by atoms with Crippen LogP contribution >= 0.6 is 11.6 Å². The molecule has 0 atom stereocenters. The van der Waals surface area contributed by atoms with E-state index in [4.69, 9.17) is 17.3 Å². The van der Waals surface area contributed by atoms with E-state index < -0.39 is 0 Å². The lowest BCUT2D eigenvalue weighted by Crippen LogP contribution is -1.91. The molecule has 2 N–H and O–H groups in total. The van der Waals surface area contributed by atoms with Gasteiger partial charge >= 0.3 is 0 Å². The summed E-state index contributed by atoms with van der Waals surface area (Å²) in [7, 11) is 0. The maximum atomic E-state index is 5.94. The van der Waals surface area contributed by atoms with Gasteiger partial charge in [-0.15, -0.1) is 0 Å². The van der Waals surface area contributed by atoms with E-state index in [0.29, 0.717) is 5.92 Å². The average molecular weight is 170 g/mol. The third-order valence-corrected chi connectivity index (χ3v) is 1.97. The molecule has 0 heterocycles. The van der Waals surface area contributed by atoms with Gasteiger partial charge in [0.2, 0.25) is 0 Å². The first-order chi connectivity index (χ1) is 5.11. The van der Waals surface area contributed by atoms with Crippen molar-refractivity contribution in [2.45, 2.75) is 19.8 Å². The Morgan fingerprint density at radius 1 is 1.36 bits per heavy atom. The number of rotatable bonds is 1. The summed E-state index contributed by atoms with van der Waals surface area (Å²) in [5, 5.41) is 0.764. The molecule has 0 bridgehead atoms. The molecule has 1 aromatic rings. The van der Waals surface area contributed by atoms with Crippen molar-refractivity contribution in [1.29, 1.82) is 0 Å². The molecular weight excluding hydrogens is 158 g/mol. The van der Waals surface area contributed by atoms with Crippen molar-refractivity contribution < 1.29 is 0 Å². The quantitative estimate of drug-likeness (QED) is 0.643. The average Bonchev–Trinajstić information content (AvgIpc) is 1.85. The Morgan fingerprint density at radius 2 is 2.00 bits per heavy atom. The van der Waals surface area contributed by atoms with Crippen LogP contribution in [0.15, 0.2) is 18.2 Å². The molecule has 1 aromatic carbocycles. The van der Waals surface area contributed by atoms with Crippen molar-refractivity contribution in [3.63, 3.8) is 0 Å². The molecule has 0 radical (unpaired) electrons.